The van der Waals surface area contributed by atoms with Crippen molar-refractivity contribution in [2.24, 2.45) is 5.73 Å². The highest BCUT2D eigenvalue weighted by Crippen LogP contribution is 2.23. The fourth-order valence-electron chi connectivity index (χ4n) is 2.76. The molecule has 2 heterocycles. The first-order chi connectivity index (χ1) is 14.6. The Morgan fingerprint density at radius 1 is 1.07 bits per heavy atom. The summed E-state index contributed by atoms with van der Waals surface area (Å²) in [5.74, 6) is -0.348. The Morgan fingerprint density at radius 2 is 1.87 bits per heavy atom. The number of nitrogens with one attached hydrogen (secondary N) is 1. The van der Waals surface area contributed by atoms with E-state index >= 15 is 0 Å². The molecule has 0 unspecified atom stereocenters. The fourth-order valence-corrected chi connectivity index (χ4v) is 4.31. The van der Waals surface area contributed by atoms with E-state index in [1.54, 1.807) is 35.6 Å². The molecule has 0 aliphatic rings. The average molecular weight is 440 g/mol. The Hall–Kier alpha value is -3.24. The van der Waals surface area contributed by atoms with Gasteiger partial charge in [-0.15, -0.1) is 21.5 Å². The number of nitrogens with zero attached hydrogens (tertiary/aromatic N) is 3. The molecular weight excluding hydrogens is 422 g/mol. The van der Waals surface area contributed by atoms with Crippen LogP contribution in [0.4, 0.5) is 5.69 Å². The van der Waals surface area contributed by atoms with E-state index in [1.807, 2.05) is 24.3 Å². The molecule has 0 fully saturated rings. The van der Waals surface area contributed by atoms with E-state index in [0.717, 1.165) is 27.0 Å². The number of rotatable bonds is 8. The zero-order valence-electron chi connectivity index (χ0n) is 15.7. The van der Waals surface area contributed by atoms with E-state index in [1.165, 1.54) is 0 Å². The Kier molecular flexibility index (Phi) is 6.05. The number of nitrogens with two attached hydrogens (primary N) is 1. The monoisotopic (exact) mass is 439 g/mol. The molecule has 10 heteroatoms. The molecule has 2 aromatic heterocycles. The number of fused-ring (bicyclic) bond motifs is 1. The van der Waals surface area contributed by atoms with Gasteiger partial charge in [0.2, 0.25) is 11.8 Å². The van der Waals surface area contributed by atoms with Crippen LogP contribution in [0.15, 0.2) is 58.2 Å². The van der Waals surface area contributed by atoms with Gasteiger partial charge in [-0.2, -0.15) is 0 Å². The van der Waals surface area contributed by atoms with Gasteiger partial charge in [0.05, 0.1) is 32.2 Å². The second-order valence-corrected chi connectivity index (χ2v) is 8.33. The highest BCUT2D eigenvalue weighted by molar-refractivity contribution is 7.99. The number of hydrogen-bond acceptors (Lipinski definition) is 8. The van der Waals surface area contributed by atoms with Crippen LogP contribution in [-0.2, 0) is 17.6 Å². The average Bonchev–Trinajstić information content (AvgIpc) is 3.37. The number of anilines is 1. The maximum Gasteiger partial charge on any atom is 0.277 e. The third-order valence-electron chi connectivity index (χ3n) is 4.13. The van der Waals surface area contributed by atoms with Crippen LogP contribution < -0.4 is 11.1 Å². The van der Waals surface area contributed by atoms with Gasteiger partial charge in [-0.3, -0.25) is 9.59 Å². The van der Waals surface area contributed by atoms with Gasteiger partial charge in [-0.25, -0.2) is 4.98 Å². The number of thiazole rings is 1. The Balaban J connectivity index is 1.29. The van der Waals surface area contributed by atoms with Gasteiger partial charge in [0.25, 0.3) is 11.1 Å². The topological polar surface area (TPSA) is 124 Å². The summed E-state index contributed by atoms with van der Waals surface area (Å²) in [6.07, 6.45) is 1.28. The van der Waals surface area contributed by atoms with Crippen molar-refractivity contribution < 1.29 is 14.0 Å². The minimum Gasteiger partial charge on any atom is -0.416 e. The second-order valence-electron chi connectivity index (χ2n) is 6.28. The van der Waals surface area contributed by atoms with Crippen molar-refractivity contribution in [3.8, 4) is 0 Å². The molecule has 8 nitrogen and oxygen atoms in total. The van der Waals surface area contributed by atoms with Gasteiger partial charge in [0.15, 0.2) is 0 Å². The van der Waals surface area contributed by atoms with Crippen molar-refractivity contribution in [1.29, 1.82) is 0 Å². The molecule has 0 saturated heterocycles. The number of para-hydroxylation sites is 2. The molecule has 0 atom stereocenters. The van der Waals surface area contributed by atoms with Crippen molar-refractivity contribution in [3.63, 3.8) is 0 Å². The lowest BCUT2D eigenvalue weighted by Crippen LogP contribution is -2.19. The van der Waals surface area contributed by atoms with Crippen LogP contribution in [0.5, 0.6) is 0 Å². The molecule has 3 N–H and O–H groups in total. The molecule has 0 spiro atoms. The zero-order chi connectivity index (χ0) is 20.9. The van der Waals surface area contributed by atoms with Crippen molar-refractivity contribution in [1.82, 2.24) is 15.2 Å². The second kappa shape index (κ2) is 9.06. The van der Waals surface area contributed by atoms with E-state index in [9.17, 15) is 9.59 Å². The van der Waals surface area contributed by atoms with Gasteiger partial charge in [0.1, 0.15) is 0 Å². The normalized spacial score (nSPS) is 10.9. The summed E-state index contributed by atoms with van der Waals surface area (Å²) in [6.45, 7) is 0. The Bertz CT molecular complexity index is 1170. The minimum atomic E-state index is -0.603. The van der Waals surface area contributed by atoms with E-state index in [4.69, 9.17) is 10.2 Å². The summed E-state index contributed by atoms with van der Waals surface area (Å²) in [5.41, 5.74) is 6.94. The number of carbonyl (C=O) groups is 2. The van der Waals surface area contributed by atoms with Crippen LogP contribution in [0.1, 0.15) is 21.3 Å². The van der Waals surface area contributed by atoms with E-state index in [-0.39, 0.29) is 17.2 Å². The molecule has 4 aromatic rings. The van der Waals surface area contributed by atoms with Gasteiger partial charge in [-0.05, 0) is 24.3 Å². The standard InChI is InChI=1S/C20H17N5O3S2/c21-19(27)12-5-1-2-6-13(12)22-16(26)11-29-20-25-24-17(28-20)9-10-18-23-14-7-3-4-8-15(14)30-18/h1-8H,9-11H2,(H2,21,27)(H,22,26). The van der Waals surface area contributed by atoms with Crippen LogP contribution in [0.2, 0.25) is 0 Å². The Labute approximate surface area is 179 Å². The van der Waals surface area contributed by atoms with Crippen molar-refractivity contribution >= 4 is 50.8 Å². The van der Waals surface area contributed by atoms with Crippen LogP contribution in [0.25, 0.3) is 10.2 Å². The lowest BCUT2D eigenvalue weighted by Gasteiger charge is -2.07. The smallest absolute Gasteiger partial charge is 0.277 e. The number of aryl methyl sites for hydroxylation is 2. The molecule has 4 rings (SSSR count). The molecule has 0 bridgehead atoms. The Morgan fingerprint density at radius 3 is 2.70 bits per heavy atom. The molecule has 0 aliphatic carbocycles. The quantitative estimate of drug-likeness (QED) is 0.404. The lowest BCUT2D eigenvalue weighted by atomic mass is 10.1. The van der Waals surface area contributed by atoms with Crippen molar-refractivity contribution in [2.75, 3.05) is 11.1 Å². The maximum atomic E-state index is 12.2. The van der Waals surface area contributed by atoms with E-state index in [0.29, 0.717) is 29.6 Å². The first kappa shape index (κ1) is 20.0. The number of aromatic nitrogens is 3. The number of carbonyl (C=O) groups excluding carboxylic acids is 2. The fraction of sp³-hybridized carbons (Fsp3) is 0.150. The summed E-state index contributed by atoms with van der Waals surface area (Å²) in [5, 5.41) is 12.0. The van der Waals surface area contributed by atoms with E-state index in [2.05, 4.69) is 20.5 Å². The minimum absolute atomic E-state index is 0.0621. The van der Waals surface area contributed by atoms with Crippen LogP contribution >= 0.6 is 23.1 Å². The summed E-state index contributed by atoms with van der Waals surface area (Å²) >= 11 is 2.78. The number of benzene rings is 2. The lowest BCUT2D eigenvalue weighted by molar-refractivity contribution is -0.113. The van der Waals surface area contributed by atoms with Gasteiger partial charge >= 0.3 is 0 Å². The third-order valence-corrected chi connectivity index (χ3v) is 6.05. The number of primary amides is 1. The first-order valence-electron chi connectivity index (χ1n) is 9.07. The van der Waals surface area contributed by atoms with Crippen LogP contribution in [0, 0.1) is 0 Å². The van der Waals surface area contributed by atoms with E-state index < -0.39 is 5.91 Å². The molecule has 0 saturated carbocycles. The molecule has 30 heavy (non-hydrogen) atoms. The van der Waals surface area contributed by atoms with Crippen molar-refractivity contribution in [2.45, 2.75) is 18.1 Å². The molecular formula is C20H17N5O3S2. The summed E-state index contributed by atoms with van der Waals surface area (Å²) < 4.78 is 6.76. The van der Waals surface area contributed by atoms with Crippen molar-refractivity contribution in [3.05, 3.63) is 65.0 Å². The third kappa shape index (κ3) is 4.84. The SMILES string of the molecule is NC(=O)c1ccccc1NC(=O)CSc1nnc(CCc2nc3ccccc3s2)o1. The molecule has 2 amide bonds. The number of hydrogen-bond donors (Lipinski definition) is 2. The van der Waals surface area contributed by atoms with Crippen LogP contribution in [-0.4, -0.2) is 32.7 Å². The summed E-state index contributed by atoms with van der Waals surface area (Å²) in [7, 11) is 0. The molecule has 2 aromatic carbocycles. The molecule has 152 valence electrons. The number of thioether (sulfide) groups is 1. The largest absolute Gasteiger partial charge is 0.416 e. The van der Waals surface area contributed by atoms with Gasteiger partial charge in [0, 0.05) is 12.8 Å². The highest BCUT2D eigenvalue weighted by Gasteiger charge is 2.13. The molecule has 0 aliphatic heterocycles. The van der Waals surface area contributed by atoms with Gasteiger partial charge < -0.3 is 15.5 Å². The summed E-state index contributed by atoms with van der Waals surface area (Å²) in [4.78, 5) is 28.2. The predicted octanol–water partition coefficient (Wildman–Crippen LogP) is 3.29. The number of amides is 2. The molecule has 0 radical (unpaired) electrons. The highest BCUT2D eigenvalue weighted by atomic mass is 32.2. The zero-order valence-corrected chi connectivity index (χ0v) is 17.3. The van der Waals surface area contributed by atoms with Gasteiger partial charge in [-0.1, -0.05) is 36.0 Å². The summed E-state index contributed by atoms with van der Waals surface area (Å²) in [6, 6.07) is 14.6. The first-order valence-corrected chi connectivity index (χ1v) is 10.9. The van der Waals surface area contributed by atoms with Crippen LogP contribution in [0.3, 0.4) is 0 Å². The maximum absolute atomic E-state index is 12.2. The predicted molar refractivity (Wildman–Crippen MR) is 116 cm³/mol.